The van der Waals surface area contributed by atoms with Crippen molar-refractivity contribution in [3.05, 3.63) is 5.82 Å². The number of carbonyl (C=O) groups is 1. The van der Waals surface area contributed by atoms with Crippen LogP contribution in [0.4, 0.5) is 5.95 Å². The van der Waals surface area contributed by atoms with Crippen LogP contribution in [0.2, 0.25) is 0 Å². The number of halogens is 1. The Morgan fingerprint density at radius 3 is 2.67 bits per heavy atom. The lowest BCUT2D eigenvalue weighted by atomic mass is 10.7. The normalized spacial score (nSPS) is 9.44. The van der Waals surface area contributed by atoms with Crippen LogP contribution in [0.25, 0.3) is 0 Å². The van der Waals surface area contributed by atoms with Gasteiger partial charge in [-0.05, 0) is 11.6 Å². The average Bonchev–Trinajstić information content (AvgIpc) is 2.14. The molecule has 6 heteroatoms. The molecule has 0 saturated heterocycles. The highest BCUT2D eigenvalue weighted by molar-refractivity contribution is 6.67. The largest absolute Gasteiger partial charge is 0.366 e. The zero-order valence-electron chi connectivity index (χ0n) is 4.26. The number of nitrogens with two attached hydrogens (primary N) is 1. The third-order valence-corrected chi connectivity index (χ3v) is 0.868. The second-order valence-electron chi connectivity index (χ2n) is 1.32. The maximum atomic E-state index is 10.2. The molecule has 0 fully saturated rings. The topological polar surface area (TPSA) is 84.7 Å². The number of hydrogen-bond acceptors (Lipinski definition) is 4. The number of nitrogens with zero attached hydrogens (tertiary/aromatic N) is 2. The van der Waals surface area contributed by atoms with Crippen LogP contribution >= 0.6 is 11.6 Å². The molecule has 3 N–H and O–H groups in total. The lowest BCUT2D eigenvalue weighted by Gasteiger charge is -1.76. The molecule has 0 aliphatic carbocycles. The van der Waals surface area contributed by atoms with E-state index in [0.29, 0.717) is 0 Å². The van der Waals surface area contributed by atoms with Gasteiger partial charge in [-0.15, -0.1) is 5.10 Å². The number of anilines is 1. The van der Waals surface area contributed by atoms with Gasteiger partial charge in [-0.2, -0.15) is 4.98 Å². The van der Waals surface area contributed by atoms with Crippen LogP contribution < -0.4 is 5.73 Å². The molecule has 0 spiro atoms. The molecule has 0 amide bonds. The smallest absolute Gasteiger partial charge is 0.289 e. The van der Waals surface area contributed by atoms with E-state index >= 15 is 0 Å². The summed E-state index contributed by atoms with van der Waals surface area (Å²) in [5, 5.41) is 4.92. The SMILES string of the molecule is Nc1n[nH]c(C(=O)Cl)n1. The monoisotopic (exact) mass is 146 g/mol. The summed E-state index contributed by atoms with van der Waals surface area (Å²) in [6.45, 7) is 0. The Morgan fingerprint density at radius 2 is 2.44 bits per heavy atom. The van der Waals surface area contributed by atoms with Crippen LogP contribution in [0, 0.1) is 0 Å². The quantitative estimate of drug-likeness (QED) is 0.536. The van der Waals surface area contributed by atoms with E-state index in [1.165, 1.54) is 0 Å². The fourth-order valence-electron chi connectivity index (χ4n) is 0.363. The van der Waals surface area contributed by atoms with Crippen molar-refractivity contribution in [2.75, 3.05) is 5.73 Å². The predicted molar refractivity (Wildman–Crippen MR) is 31.0 cm³/mol. The summed E-state index contributed by atoms with van der Waals surface area (Å²) in [7, 11) is 0. The molecule has 0 saturated carbocycles. The van der Waals surface area contributed by atoms with Crippen molar-refractivity contribution >= 4 is 22.8 Å². The van der Waals surface area contributed by atoms with E-state index in [-0.39, 0.29) is 11.8 Å². The molecule has 9 heavy (non-hydrogen) atoms. The number of aromatic nitrogens is 3. The number of rotatable bonds is 1. The highest BCUT2D eigenvalue weighted by atomic mass is 35.5. The zero-order chi connectivity index (χ0) is 6.85. The van der Waals surface area contributed by atoms with E-state index in [1.54, 1.807) is 0 Å². The van der Waals surface area contributed by atoms with Crippen molar-refractivity contribution in [2.45, 2.75) is 0 Å². The Morgan fingerprint density at radius 1 is 1.78 bits per heavy atom. The molecular formula is C3H3ClN4O. The van der Waals surface area contributed by atoms with Crippen LogP contribution in [-0.4, -0.2) is 20.4 Å². The molecule has 0 aliphatic heterocycles. The zero-order valence-corrected chi connectivity index (χ0v) is 5.01. The van der Waals surface area contributed by atoms with Gasteiger partial charge in [0, 0.05) is 0 Å². The van der Waals surface area contributed by atoms with E-state index in [0.717, 1.165) is 0 Å². The summed E-state index contributed by atoms with van der Waals surface area (Å²) in [4.78, 5) is 13.7. The minimum atomic E-state index is -0.695. The van der Waals surface area contributed by atoms with Crippen molar-refractivity contribution in [3.63, 3.8) is 0 Å². The third-order valence-electron chi connectivity index (χ3n) is 0.689. The van der Waals surface area contributed by atoms with E-state index in [1.807, 2.05) is 0 Å². The van der Waals surface area contributed by atoms with Crippen LogP contribution in [-0.2, 0) is 0 Å². The molecule has 0 radical (unpaired) electrons. The van der Waals surface area contributed by atoms with Crippen molar-refractivity contribution in [2.24, 2.45) is 0 Å². The van der Waals surface area contributed by atoms with E-state index in [9.17, 15) is 4.79 Å². The molecule has 0 aromatic carbocycles. The van der Waals surface area contributed by atoms with E-state index in [4.69, 9.17) is 17.3 Å². The fourth-order valence-corrected chi connectivity index (χ4v) is 0.447. The molecule has 0 bridgehead atoms. The molecule has 5 nitrogen and oxygen atoms in total. The summed E-state index contributed by atoms with van der Waals surface area (Å²) in [6, 6.07) is 0. The Labute approximate surface area is 55.2 Å². The second kappa shape index (κ2) is 2.02. The summed E-state index contributed by atoms with van der Waals surface area (Å²) < 4.78 is 0. The summed E-state index contributed by atoms with van der Waals surface area (Å²) in [5.41, 5.74) is 5.05. The Bertz CT molecular complexity index is 231. The standard InChI is InChI=1S/C3H3ClN4O/c4-1(9)2-6-3(5)8-7-2/h(H3,5,6,7,8). The minimum absolute atomic E-state index is 0.0130. The number of aromatic amines is 1. The number of hydrogen-bond donors (Lipinski definition) is 2. The Balaban J connectivity index is 2.98. The molecule has 0 atom stereocenters. The van der Waals surface area contributed by atoms with Crippen LogP contribution in [0.15, 0.2) is 0 Å². The fraction of sp³-hybridized carbons (Fsp3) is 0. The van der Waals surface area contributed by atoms with Crippen molar-refractivity contribution in [1.82, 2.24) is 15.2 Å². The molecule has 1 aromatic heterocycles. The maximum absolute atomic E-state index is 10.2. The van der Waals surface area contributed by atoms with Gasteiger partial charge in [-0.3, -0.25) is 9.89 Å². The molecule has 0 aliphatic rings. The van der Waals surface area contributed by atoms with Crippen LogP contribution in [0.3, 0.4) is 0 Å². The average molecular weight is 147 g/mol. The van der Waals surface area contributed by atoms with Gasteiger partial charge in [0.15, 0.2) is 0 Å². The highest BCUT2D eigenvalue weighted by Gasteiger charge is 2.04. The lowest BCUT2D eigenvalue weighted by Crippen LogP contribution is -1.91. The summed E-state index contributed by atoms with van der Waals surface area (Å²) >= 11 is 4.99. The molecule has 1 heterocycles. The van der Waals surface area contributed by atoms with Crippen LogP contribution in [0.1, 0.15) is 10.6 Å². The number of H-pyrrole nitrogens is 1. The third kappa shape index (κ3) is 1.17. The van der Waals surface area contributed by atoms with Crippen molar-refractivity contribution in [3.8, 4) is 0 Å². The van der Waals surface area contributed by atoms with Gasteiger partial charge in [0.25, 0.3) is 5.24 Å². The van der Waals surface area contributed by atoms with Gasteiger partial charge in [-0.25, -0.2) is 0 Å². The molecule has 48 valence electrons. The maximum Gasteiger partial charge on any atom is 0.289 e. The first-order valence-electron chi connectivity index (χ1n) is 2.08. The van der Waals surface area contributed by atoms with Crippen LogP contribution in [0.5, 0.6) is 0 Å². The summed E-state index contributed by atoms with van der Waals surface area (Å²) in [6.07, 6.45) is 0. The first kappa shape index (κ1) is 6.03. The second-order valence-corrected chi connectivity index (χ2v) is 1.66. The molecule has 1 aromatic rings. The number of nitrogen functional groups attached to an aromatic ring is 1. The van der Waals surface area contributed by atoms with Gasteiger partial charge in [-0.1, -0.05) is 0 Å². The molecule has 0 unspecified atom stereocenters. The summed E-state index contributed by atoms with van der Waals surface area (Å²) in [5.74, 6) is -0.0202. The van der Waals surface area contributed by atoms with E-state index < -0.39 is 5.24 Å². The van der Waals surface area contributed by atoms with Gasteiger partial charge >= 0.3 is 0 Å². The Kier molecular flexibility index (Phi) is 1.35. The van der Waals surface area contributed by atoms with Crippen molar-refractivity contribution in [1.29, 1.82) is 0 Å². The predicted octanol–water partition coefficient (Wildman–Crippen LogP) is -0.234. The van der Waals surface area contributed by atoms with Gasteiger partial charge in [0.2, 0.25) is 11.8 Å². The molecule has 1 rings (SSSR count). The van der Waals surface area contributed by atoms with Gasteiger partial charge in [0.05, 0.1) is 0 Å². The Hall–Kier alpha value is -1.10. The lowest BCUT2D eigenvalue weighted by molar-refractivity contribution is 0.107. The highest BCUT2D eigenvalue weighted by Crippen LogP contribution is 1.96. The van der Waals surface area contributed by atoms with E-state index in [2.05, 4.69) is 15.2 Å². The van der Waals surface area contributed by atoms with Gasteiger partial charge in [0.1, 0.15) is 0 Å². The first-order chi connectivity index (χ1) is 4.20. The van der Waals surface area contributed by atoms with Crippen molar-refractivity contribution < 1.29 is 4.79 Å². The minimum Gasteiger partial charge on any atom is -0.366 e. The number of carbonyl (C=O) groups excluding carboxylic acids is 1. The molecular weight excluding hydrogens is 144 g/mol. The first-order valence-corrected chi connectivity index (χ1v) is 2.45. The van der Waals surface area contributed by atoms with Gasteiger partial charge < -0.3 is 5.73 Å². The number of nitrogens with one attached hydrogen (secondary N) is 1.